The van der Waals surface area contributed by atoms with Gasteiger partial charge in [-0.15, -0.1) is 0 Å². The van der Waals surface area contributed by atoms with Crippen LogP contribution in [0.25, 0.3) is 5.69 Å². The van der Waals surface area contributed by atoms with E-state index in [4.69, 9.17) is 11.6 Å². The molecule has 0 saturated heterocycles. The SMILES string of the molecule is CS(=O)(=O)c1cn(-c2cc(F)cc(Cl)c2)c2c1C(O)C(F)(F)CC2. The standard InChI is InChI=1S/C15H13ClF3NO3S/c1-24(22,23)12-7-20(10-5-8(16)4-9(17)6-10)11-2-3-15(18,19)14(21)13(11)12/h4-7,14,21H,2-3H2,1H3. The summed E-state index contributed by atoms with van der Waals surface area (Å²) in [7, 11) is -3.88. The minimum absolute atomic E-state index is 0.0787. The fourth-order valence-electron chi connectivity index (χ4n) is 2.92. The molecule has 1 unspecified atom stereocenters. The summed E-state index contributed by atoms with van der Waals surface area (Å²) in [6.07, 6.45) is -1.06. The van der Waals surface area contributed by atoms with Gasteiger partial charge in [0, 0.05) is 40.8 Å². The third kappa shape index (κ3) is 2.82. The van der Waals surface area contributed by atoms with Crippen molar-refractivity contribution >= 4 is 21.4 Å². The van der Waals surface area contributed by atoms with Gasteiger partial charge in [-0.1, -0.05) is 11.6 Å². The second-order valence-corrected chi connectivity index (χ2v) is 8.21. The maximum atomic E-state index is 13.8. The van der Waals surface area contributed by atoms with Crippen molar-refractivity contribution in [2.75, 3.05) is 6.26 Å². The van der Waals surface area contributed by atoms with Crippen molar-refractivity contribution in [3.63, 3.8) is 0 Å². The summed E-state index contributed by atoms with van der Waals surface area (Å²) in [6, 6.07) is 3.56. The monoisotopic (exact) mass is 379 g/mol. The zero-order chi connectivity index (χ0) is 17.9. The first-order valence-corrected chi connectivity index (χ1v) is 9.24. The van der Waals surface area contributed by atoms with Crippen LogP contribution >= 0.6 is 11.6 Å². The Morgan fingerprint density at radius 1 is 1.33 bits per heavy atom. The van der Waals surface area contributed by atoms with Crippen LogP contribution in [0.2, 0.25) is 5.02 Å². The lowest BCUT2D eigenvalue weighted by Crippen LogP contribution is -2.32. The lowest BCUT2D eigenvalue weighted by molar-refractivity contribution is -0.123. The molecule has 24 heavy (non-hydrogen) atoms. The molecule has 0 amide bonds. The molecule has 0 bridgehead atoms. The number of hydrogen-bond donors (Lipinski definition) is 1. The van der Waals surface area contributed by atoms with Crippen molar-refractivity contribution in [1.29, 1.82) is 0 Å². The highest BCUT2D eigenvalue weighted by Crippen LogP contribution is 2.45. The zero-order valence-corrected chi connectivity index (χ0v) is 14.0. The highest BCUT2D eigenvalue weighted by Gasteiger charge is 2.47. The molecule has 130 valence electrons. The Morgan fingerprint density at radius 2 is 2.00 bits per heavy atom. The highest BCUT2D eigenvalue weighted by molar-refractivity contribution is 7.90. The first-order chi connectivity index (χ1) is 11.0. The van der Waals surface area contributed by atoms with E-state index in [-0.39, 0.29) is 28.4 Å². The Bertz CT molecular complexity index is 904. The molecule has 4 nitrogen and oxygen atoms in total. The molecule has 1 N–H and O–H groups in total. The molecule has 1 aromatic carbocycles. The topological polar surface area (TPSA) is 59.3 Å². The molecule has 1 aliphatic carbocycles. The summed E-state index contributed by atoms with van der Waals surface area (Å²) in [5.41, 5.74) is 0.0632. The molecule has 3 rings (SSSR count). The van der Waals surface area contributed by atoms with Crippen LogP contribution in [0.1, 0.15) is 23.8 Å². The Morgan fingerprint density at radius 3 is 2.58 bits per heavy atom. The van der Waals surface area contributed by atoms with Gasteiger partial charge in [0.05, 0.1) is 4.90 Å². The molecule has 0 radical (unpaired) electrons. The molecule has 0 spiro atoms. The van der Waals surface area contributed by atoms with Crippen molar-refractivity contribution in [2.24, 2.45) is 0 Å². The average molecular weight is 380 g/mol. The molecule has 1 heterocycles. The Hall–Kier alpha value is -1.51. The van der Waals surface area contributed by atoms with Crippen LogP contribution in [0, 0.1) is 5.82 Å². The van der Waals surface area contributed by atoms with E-state index < -0.39 is 39.0 Å². The van der Waals surface area contributed by atoms with Gasteiger partial charge in [-0.3, -0.25) is 0 Å². The highest BCUT2D eigenvalue weighted by atomic mass is 35.5. The lowest BCUT2D eigenvalue weighted by Gasteiger charge is -2.29. The summed E-state index contributed by atoms with van der Waals surface area (Å²) in [5.74, 6) is -4.08. The maximum absolute atomic E-state index is 13.8. The van der Waals surface area contributed by atoms with Crippen molar-refractivity contribution in [3.8, 4) is 5.69 Å². The van der Waals surface area contributed by atoms with Crippen LogP contribution in [0.4, 0.5) is 13.2 Å². The van der Waals surface area contributed by atoms with E-state index in [2.05, 4.69) is 0 Å². The molecule has 9 heteroatoms. The second kappa shape index (κ2) is 5.50. The van der Waals surface area contributed by atoms with Gasteiger partial charge in [0.25, 0.3) is 5.92 Å². The predicted octanol–water partition coefficient (Wildman–Crippen LogP) is 3.29. The number of aromatic nitrogens is 1. The number of aliphatic hydroxyl groups excluding tert-OH is 1. The zero-order valence-electron chi connectivity index (χ0n) is 12.4. The van der Waals surface area contributed by atoms with Gasteiger partial charge >= 0.3 is 0 Å². The number of halogens is 4. The van der Waals surface area contributed by atoms with Crippen LogP contribution in [0.5, 0.6) is 0 Å². The summed E-state index contributed by atoms with van der Waals surface area (Å²) in [5, 5.41) is 10.1. The molecular weight excluding hydrogens is 367 g/mol. The molecule has 0 fully saturated rings. The van der Waals surface area contributed by atoms with Crippen molar-refractivity contribution in [3.05, 3.63) is 46.5 Å². The Labute approximate surface area is 141 Å². The first-order valence-electron chi connectivity index (χ1n) is 6.97. The number of hydrogen-bond acceptors (Lipinski definition) is 3. The Balaban J connectivity index is 2.31. The smallest absolute Gasteiger partial charge is 0.278 e. The Kier molecular flexibility index (Phi) is 3.97. The molecule has 1 aliphatic rings. The van der Waals surface area contributed by atoms with Crippen molar-refractivity contribution in [1.82, 2.24) is 4.57 Å². The van der Waals surface area contributed by atoms with E-state index in [0.717, 1.165) is 24.6 Å². The largest absolute Gasteiger partial charge is 0.382 e. The van der Waals surface area contributed by atoms with Gasteiger partial charge in [-0.2, -0.15) is 0 Å². The van der Waals surface area contributed by atoms with Gasteiger partial charge < -0.3 is 9.67 Å². The summed E-state index contributed by atoms with van der Waals surface area (Å²) in [6.45, 7) is 0. The second-order valence-electron chi connectivity index (χ2n) is 5.79. The van der Waals surface area contributed by atoms with E-state index in [9.17, 15) is 26.7 Å². The molecule has 2 aromatic rings. The first kappa shape index (κ1) is 17.3. The van der Waals surface area contributed by atoms with Crippen molar-refractivity contribution in [2.45, 2.75) is 29.8 Å². The number of rotatable bonds is 2. The molecule has 0 aliphatic heterocycles. The quantitative estimate of drug-likeness (QED) is 0.871. The average Bonchev–Trinajstić information content (AvgIpc) is 2.82. The van der Waals surface area contributed by atoms with E-state index in [1.165, 1.54) is 10.6 Å². The number of alkyl halides is 2. The number of aliphatic hydroxyl groups is 1. The van der Waals surface area contributed by atoms with E-state index in [0.29, 0.717) is 0 Å². The molecule has 0 saturated carbocycles. The minimum atomic E-state index is -3.88. The number of sulfone groups is 1. The molecular formula is C15H13ClF3NO3S. The van der Waals surface area contributed by atoms with Gasteiger partial charge in [0.2, 0.25) is 0 Å². The van der Waals surface area contributed by atoms with Gasteiger partial charge in [0.15, 0.2) is 9.84 Å². The lowest BCUT2D eigenvalue weighted by atomic mass is 9.91. The van der Waals surface area contributed by atoms with Crippen LogP contribution in [-0.2, 0) is 16.3 Å². The fourth-order valence-corrected chi connectivity index (χ4v) is 4.06. The van der Waals surface area contributed by atoms with Crippen LogP contribution in [-0.4, -0.2) is 30.3 Å². The van der Waals surface area contributed by atoms with Crippen LogP contribution < -0.4 is 0 Å². The maximum Gasteiger partial charge on any atom is 0.278 e. The summed E-state index contributed by atoms with van der Waals surface area (Å²) in [4.78, 5) is -0.398. The van der Waals surface area contributed by atoms with Crippen molar-refractivity contribution < 1.29 is 26.7 Å². The van der Waals surface area contributed by atoms with E-state index >= 15 is 0 Å². The number of fused-ring (bicyclic) bond motifs is 1. The molecule has 1 atom stereocenters. The van der Waals surface area contributed by atoms with Gasteiger partial charge in [-0.05, 0) is 24.6 Å². The molecule has 1 aromatic heterocycles. The van der Waals surface area contributed by atoms with E-state index in [1.54, 1.807) is 0 Å². The van der Waals surface area contributed by atoms with Gasteiger partial charge in [0.1, 0.15) is 11.9 Å². The minimum Gasteiger partial charge on any atom is -0.382 e. The number of nitrogens with zero attached hydrogens (tertiary/aromatic N) is 1. The third-order valence-electron chi connectivity index (χ3n) is 4.01. The summed E-state index contributed by atoms with van der Waals surface area (Å²) >= 11 is 5.81. The van der Waals surface area contributed by atoms with Crippen LogP contribution in [0.3, 0.4) is 0 Å². The fraction of sp³-hybridized carbons (Fsp3) is 0.333. The van der Waals surface area contributed by atoms with E-state index in [1.807, 2.05) is 0 Å². The summed E-state index contributed by atoms with van der Waals surface area (Å²) < 4.78 is 66.5. The number of benzene rings is 1. The normalized spacial score (nSPS) is 20.0. The predicted molar refractivity (Wildman–Crippen MR) is 82.1 cm³/mol. The van der Waals surface area contributed by atoms with Crippen LogP contribution in [0.15, 0.2) is 29.3 Å². The third-order valence-corrected chi connectivity index (χ3v) is 5.35. The van der Waals surface area contributed by atoms with Gasteiger partial charge in [-0.25, -0.2) is 21.6 Å².